The Kier molecular flexibility index (Phi) is 5.52. The summed E-state index contributed by atoms with van der Waals surface area (Å²) in [7, 11) is 1.34. The van der Waals surface area contributed by atoms with Crippen LogP contribution in [0, 0.1) is 0 Å². The van der Waals surface area contributed by atoms with Crippen molar-refractivity contribution in [3.8, 4) is 0 Å². The van der Waals surface area contributed by atoms with Gasteiger partial charge in [0.1, 0.15) is 36.6 Å². The lowest BCUT2D eigenvalue weighted by molar-refractivity contribution is -0.319. The highest BCUT2D eigenvalue weighted by Crippen LogP contribution is 2.29. The zero-order valence-corrected chi connectivity index (χ0v) is 11.8. The van der Waals surface area contributed by atoms with Gasteiger partial charge in [0.05, 0.1) is 12.7 Å². The van der Waals surface area contributed by atoms with Gasteiger partial charge in [0.25, 0.3) is 0 Å². The monoisotopic (exact) mass is 310 g/mol. The molecule has 2 saturated heterocycles. The van der Waals surface area contributed by atoms with Gasteiger partial charge in [-0.2, -0.15) is 0 Å². The van der Waals surface area contributed by atoms with Crippen molar-refractivity contribution in [2.75, 3.05) is 13.7 Å². The fourth-order valence-corrected chi connectivity index (χ4v) is 2.47. The number of hydrogen-bond acceptors (Lipinski definition) is 9. The molecule has 9 heteroatoms. The highest BCUT2D eigenvalue weighted by atomic mass is 16.8. The van der Waals surface area contributed by atoms with Crippen LogP contribution in [0.2, 0.25) is 0 Å². The number of hydrogen-bond donors (Lipinski definition) is 5. The first-order valence-corrected chi connectivity index (χ1v) is 6.73. The molecule has 0 radical (unpaired) electrons. The molecule has 0 aromatic carbocycles. The molecule has 124 valence electrons. The number of aliphatic hydroxyl groups excluding tert-OH is 5. The highest BCUT2D eigenvalue weighted by molar-refractivity contribution is 4.91. The first-order chi connectivity index (χ1) is 9.90. The van der Waals surface area contributed by atoms with E-state index in [4.69, 9.17) is 24.1 Å². The minimum Gasteiger partial charge on any atom is -0.394 e. The molecule has 2 aliphatic rings. The molecule has 9 atom stereocenters. The van der Waals surface area contributed by atoms with Crippen molar-refractivity contribution in [2.45, 2.75) is 62.2 Å². The van der Waals surface area contributed by atoms with E-state index in [0.29, 0.717) is 0 Å². The Morgan fingerprint density at radius 2 is 1.57 bits per heavy atom. The minimum atomic E-state index is -1.49. The lowest BCUT2D eigenvalue weighted by atomic mass is 10.00. The molecule has 5 N–H and O–H groups in total. The summed E-state index contributed by atoms with van der Waals surface area (Å²) in [6.45, 7) is 1.09. The summed E-state index contributed by atoms with van der Waals surface area (Å²) in [6.07, 6.45) is -10.2. The van der Waals surface area contributed by atoms with Gasteiger partial charge in [0.2, 0.25) is 0 Å². The summed E-state index contributed by atoms with van der Waals surface area (Å²) in [5, 5.41) is 48.3. The van der Waals surface area contributed by atoms with Gasteiger partial charge in [0, 0.05) is 7.11 Å². The average Bonchev–Trinajstić information content (AvgIpc) is 2.78. The zero-order chi connectivity index (χ0) is 15.7. The lowest BCUT2D eigenvalue weighted by Gasteiger charge is -2.40. The van der Waals surface area contributed by atoms with Crippen LogP contribution in [-0.4, -0.2) is 94.6 Å². The van der Waals surface area contributed by atoms with Gasteiger partial charge >= 0.3 is 0 Å². The third-order valence-electron chi connectivity index (χ3n) is 3.81. The van der Waals surface area contributed by atoms with E-state index in [0.717, 1.165) is 0 Å². The van der Waals surface area contributed by atoms with E-state index in [9.17, 15) is 20.4 Å². The van der Waals surface area contributed by atoms with Crippen LogP contribution in [0.5, 0.6) is 0 Å². The van der Waals surface area contributed by atoms with Crippen LogP contribution < -0.4 is 0 Å². The van der Waals surface area contributed by atoms with Gasteiger partial charge in [-0.25, -0.2) is 0 Å². The van der Waals surface area contributed by atoms with Gasteiger partial charge in [0.15, 0.2) is 12.6 Å². The molecular weight excluding hydrogens is 288 g/mol. The standard InChI is InChI=1S/C12H22O9/c1-4-6(14)8(16)9(17)11(19-4)21-10-7(15)5(3-13)20-12(10)18-2/h4-17H,3H2,1-2H3/t4-,5+,6-,7+,8+,9+,10+,11-,12+/m0/s1. The molecule has 0 aliphatic carbocycles. The topological polar surface area (TPSA) is 138 Å². The molecular formula is C12H22O9. The maximum Gasteiger partial charge on any atom is 0.187 e. The van der Waals surface area contributed by atoms with Crippen LogP contribution in [0.4, 0.5) is 0 Å². The van der Waals surface area contributed by atoms with E-state index in [1.54, 1.807) is 0 Å². The van der Waals surface area contributed by atoms with Crippen molar-refractivity contribution >= 4 is 0 Å². The van der Waals surface area contributed by atoms with E-state index in [-0.39, 0.29) is 0 Å². The number of ether oxygens (including phenoxy) is 4. The molecule has 2 aliphatic heterocycles. The molecule has 21 heavy (non-hydrogen) atoms. The molecule has 0 unspecified atom stereocenters. The number of rotatable bonds is 4. The summed E-state index contributed by atoms with van der Waals surface area (Å²) in [6, 6.07) is 0. The molecule has 2 heterocycles. The third-order valence-corrected chi connectivity index (χ3v) is 3.81. The van der Waals surface area contributed by atoms with Crippen molar-refractivity contribution in [3.63, 3.8) is 0 Å². The summed E-state index contributed by atoms with van der Waals surface area (Å²) >= 11 is 0. The maximum absolute atomic E-state index is 10.0. The van der Waals surface area contributed by atoms with Crippen LogP contribution >= 0.6 is 0 Å². The fourth-order valence-electron chi connectivity index (χ4n) is 2.47. The molecule has 0 aromatic heterocycles. The Hall–Kier alpha value is -0.360. The van der Waals surface area contributed by atoms with Crippen LogP contribution in [0.3, 0.4) is 0 Å². The third kappa shape index (κ3) is 3.21. The summed E-state index contributed by atoms with van der Waals surface area (Å²) < 4.78 is 21.0. The molecule has 0 saturated carbocycles. The van der Waals surface area contributed by atoms with E-state index in [2.05, 4.69) is 0 Å². The molecule has 0 bridgehead atoms. The second kappa shape index (κ2) is 6.82. The van der Waals surface area contributed by atoms with Crippen LogP contribution in [0.1, 0.15) is 6.92 Å². The normalized spacial score (nSPS) is 51.3. The number of aliphatic hydroxyl groups is 5. The Morgan fingerprint density at radius 3 is 2.14 bits per heavy atom. The Morgan fingerprint density at radius 1 is 0.905 bits per heavy atom. The largest absolute Gasteiger partial charge is 0.394 e. The van der Waals surface area contributed by atoms with E-state index >= 15 is 0 Å². The second-order valence-electron chi connectivity index (χ2n) is 5.23. The fraction of sp³-hybridized carbons (Fsp3) is 1.00. The predicted molar refractivity (Wildman–Crippen MR) is 66.0 cm³/mol. The number of methoxy groups -OCH3 is 1. The molecule has 2 rings (SSSR count). The average molecular weight is 310 g/mol. The molecule has 0 spiro atoms. The first kappa shape index (κ1) is 17.0. The molecule has 0 aromatic rings. The summed E-state index contributed by atoms with van der Waals surface area (Å²) in [5.41, 5.74) is 0. The Bertz CT molecular complexity index is 339. The van der Waals surface area contributed by atoms with Crippen molar-refractivity contribution in [2.24, 2.45) is 0 Å². The zero-order valence-electron chi connectivity index (χ0n) is 11.8. The first-order valence-electron chi connectivity index (χ1n) is 6.73. The summed E-state index contributed by atoms with van der Waals surface area (Å²) in [5.74, 6) is 0. The van der Waals surface area contributed by atoms with Gasteiger partial charge in [-0.05, 0) is 6.92 Å². The van der Waals surface area contributed by atoms with E-state index in [1.165, 1.54) is 14.0 Å². The SMILES string of the molecule is CO[C@@H]1O[C@H](CO)[C@@H](O)[C@H]1O[C@@H]1O[C@@H](C)[C@H](O)[C@@H](O)[C@H]1O. The van der Waals surface area contributed by atoms with E-state index in [1.807, 2.05) is 0 Å². The molecule has 2 fully saturated rings. The van der Waals surface area contributed by atoms with Gasteiger partial charge in [-0.3, -0.25) is 0 Å². The van der Waals surface area contributed by atoms with Crippen molar-refractivity contribution in [3.05, 3.63) is 0 Å². The van der Waals surface area contributed by atoms with Gasteiger partial charge < -0.3 is 44.5 Å². The predicted octanol–water partition coefficient (Wildman–Crippen LogP) is -3.08. The maximum atomic E-state index is 10.0. The van der Waals surface area contributed by atoms with Crippen molar-refractivity contribution in [1.82, 2.24) is 0 Å². The lowest BCUT2D eigenvalue weighted by Crippen LogP contribution is -2.59. The quantitative estimate of drug-likeness (QED) is 0.366. The van der Waals surface area contributed by atoms with Gasteiger partial charge in [-0.15, -0.1) is 0 Å². The van der Waals surface area contributed by atoms with Crippen LogP contribution in [0.25, 0.3) is 0 Å². The van der Waals surface area contributed by atoms with E-state index < -0.39 is 61.9 Å². The molecule has 0 amide bonds. The van der Waals surface area contributed by atoms with Crippen LogP contribution in [-0.2, 0) is 18.9 Å². The smallest absolute Gasteiger partial charge is 0.187 e. The van der Waals surface area contributed by atoms with Crippen molar-refractivity contribution < 1.29 is 44.5 Å². The Balaban J connectivity index is 2.05. The minimum absolute atomic E-state index is 0.424. The highest BCUT2D eigenvalue weighted by Gasteiger charge is 2.49. The second-order valence-corrected chi connectivity index (χ2v) is 5.23. The summed E-state index contributed by atoms with van der Waals surface area (Å²) in [4.78, 5) is 0. The van der Waals surface area contributed by atoms with Crippen molar-refractivity contribution in [1.29, 1.82) is 0 Å². The van der Waals surface area contributed by atoms with Crippen LogP contribution in [0.15, 0.2) is 0 Å². The molecule has 9 nitrogen and oxygen atoms in total. The Labute approximate surface area is 121 Å². The van der Waals surface area contributed by atoms with Gasteiger partial charge in [-0.1, -0.05) is 0 Å².